The number of methoxy groups -OCH3 is 2. The molecule has 2 N–H and O–H groups in total. The Labute approximate surface area is 199 Å². The van der Waals surface area contributed by atoms with Gasteiger partial charge < -0.3 is 19.9 Å². The lowest BCUT2D eigenvalue weighted by atomic mass is 10.0. The maximum atomic E-state index is 13.2. The lowest BCUT2D eigenvalue weighted by molar-refractivity contribution is -0.150. The molecule has 0 radical (unpaired) electrons. The number of benzene rings is 1. The highest BCUT2D eigenvalue weighted by Gasteiger charge is 2.43. The number of imide groups is 1. The van der Waals surface area contributed by atoms with Gasteiger partial charge in [-0.3, -0.25) is 14.5 Å². The summed E-state index contributed by atoms with van der Waals surface area (Å²) in [5.41, 5.74) is 6.24. The van der Waals surface area contributed by atoms with Crippen molar-refractivity contribution in [1.29, 1.82) is 0 Å². The van der Waals surface area contributed by atoms with E-state index < -0.39 is 42.4 Å². The van der Waals surface area contributed by atoms with Crippen LogP contribution in [0.4, 0.5) is 5.00 Å². The maximum Gasteiger partial charge on any atom is 0.348 e. The zero-order valence-corrected chi connectivity index (χ0v) is 19.9. The molecular weight excluding hydrogens is 464 g/mol. The van der Waals surface area contributed by atoms with Crippen LogP contribution < -0.4 is 5.73 Å². The predicted octanol–water partition coefficient (Wildman–Crippen LogP) is 2.66. The minimum Gasteiger partial charge on any atom is -0.465 e. The van der Waals surface area contributed by atoms with Gasteiger partial charge in [0.15, 0.2) is 0 Å². The van der Waals surface area contributed by atoms with Gasteiger partial charge in [-0.2, -0.15) is 0 Å². The highest BCUT2D eigenvalue weighted by Crippen LogP contribution is 2.34. The molecule has 0 fully saturated rings. The Kier molecular flexibility index (Phi) is 7.35. The Balaban J connectivity index is 1.92. The van der Waals surface area contributed by atoms with Crippen molar-refractivity contribution in [2.24, 2.45) is 5.92 Å². The summed E-state index contributed by atoms with van der Waals surface area (Å²) in [5, 5.41) is -0.00243. The number of esters is 3. The molecule has 1 aromatic heterocycles. The van der Waals surface area contributed by atoms with Gasteiger partial charge in [0, 0.05) is 5.56 Å². The summed E-state index contributed by atoms with van der Waals surface area (Å²) < 4.78 is 14.9. The highest BCUT2D eigenvalue weighted by atomic mass is 32.1. The largest absolute Gasteiger partial charge is 0.465 e. The standard InChI is InChI=1S/C23H24N2O8S/c1-11(2)9-15(25-19(26)12-7-5-6-8-13(12)20(25)27)21(28)33-10-14-16(22(29)31-3)18(24)34-17(14)23(30)32-4/h5-8,11,15H,9-10,24H2,1-4H3. The first-order chi connectivity index (χ1) is 16.1. The number of ether oxygens (including phenoxy) is 3. The molecule has 1 atom stereocenters. The smallest absolute Gasteiger partial charge is 0.348 e. The van der Waals surface area contributed by atoms with E-state index in [0.717, 1.165) is 30.5 Å². The van der Waals surface area contributed by atoms with Crippen LogP contribution in [0.15, 0.2) is 24.3 Å². The molecule has 1 unspecified atom stereocenters. The fourth-order valence-corrected chi connectivity index (χ4v) is 4.67. The molecule has 3 rings (SSSR count). The number of rotatable bonds is 8. The van der Waals surface area contributed by atoms with Gasteiger partial charge in [0.25, 0.3) is 11.8 Å². The molecule has 0 spiro atoms. The second-order valence-corrected chi connectivity index (χ2v) is 8.96. The second-order valence-electron chi connectivity index (χ2n) is 7.91. The summed E-state index contributed by atoms with van der Waals surface area (Å²) in [6.45, 7) is 3.16. The predicted molar refractivity (Wildman–Crippen MR) is 121 cm³/mol. The average molecular weight is 489 g/mol. The Bertz CT molecular complexity index is 1130. The topological polar surface area (TPSA) is 142 Å². The van der Waals surface area contributed by atoms with Crippen molar-refractivity contribution in [2.75, 3.05) is 20.0 Å². The van der Waals surface area contributed by atoms with E-state index in [2.05, 4.69) is 0 Å². The Morgan fingerprint density at radius 3 is 2.06 bits per heavy atom. The molecule has 11 heteroatoms. The molecule has 0 aliphatic carbocycles. The fourth-order valence-electron chi connectivity index (χ4n) is 3.69. The van der Waals surface area contributed by atoms with Crippen molar-refractivity contribution in [2.45, 2.75) is 32.9 Å². The molecule has 34 heavy (non-hydrogen) atoms. The first kappa shape index (κ1) is 24.9. The number of nitrogens with two attached hydrogens (primary N) is 1. The van der Waals surface area contributed by atoms with E-state index in [9.17, 15) is 24.0 Å². The molecule has 10 nitrogen and oxygen atoms in total. The van der Waals surface area contributed by atoms with Crippen LogP contribution in [-0.4, -0.2) is 54.9 Å². The van der Waals surface area contributed by atoms with Crippen LogP contribution in [0.25, 0.3) is 0 Å². The molecule has 1 aliphatic rings. The van der Waals surface area contributed by atoms with Crippen molar-refractivity contribution in [1.82, 2.24) is 4.90 Å². The third kappa shape index (κ3) is 4.51. The summed E-state index contributed by atoms with van der Waals surface area (Å²) in [6.07, 6.45) is 0.157. The quantitative estimate of drug-likeness (QED) is 0.337. The number of nitrogens with zero attached hydrogens (tertiary/aromatic N) is 1. The Hall–Kier alpha value is -3.73. The lowest BCUT2D eigenvalue weighted by Gasteiger charge is -2.26. The molecule has 2 aromatic rings. The first-order valence-electron chi connectivity index (χ1n) is 10.3. The zero-order valence-electron chi connectivity index (χ0n) is 19.1. The number of fused-ring (bicyclic) bond motifs is 1. The van der Waals surface area contributed by atoms with Crippen molar-refractivity contribution >= 4 is 46.1 Å². The van der Waals surface area contributed by atoms with Crippen LogP contribution in [0.1, 0.15) is 66.6 Å². The summed E-state index contributed by atoms with van der Waals surface area (Å²) >= 11 is 0.798. The van der Waals surface area contributed by atoms with Gasteiger partial charge in [-0.05, 0) is 24.5 Å². The molecule has 180 valence electrons. The van der Waals surface area contributed by atoms with Gasteiger partial charge in [0.1, 0.15) is 28.1 Å². The number of nitrogen functional groups attached to an aromatic ring is 1. The third-order valence-electron chi connectivity index (χ3n) is 5.26. The van der Waals surface area contributed by atoms with Gasteiger partial charge in [0.05, 0.1) is 25.3 Å². The highest BCUT2D eigenvalue weighted by molar-refractivity contribution is 7.18. The normalized spacial score (nSPS) is 13.6. The molecule has 1 aliphatic heterocycles. The van der Waals surface area contributed by atoms with E-state index in [0.29, 0.717) is 0 Å². The number of anilines is 1. The van der Waals surface area contributed by atoms with Gasteiger partial charge >= 0.3 is 17.9 Å². The number of carbonyl (C=O) groups is 5. The number of carbonyl (C=O) groups excluding carboxylic acids is 5. The minimum atomic E-state index is -1.20. The van der Waals surface area contributed by atoms with Crippen LogP contribution >= 0.6 is 11.3 Å². The summed E-state index contributed by atoms with van der Waals surface area (Å²) in [4.78, 5) is 64.4. The number of amides is 2. The Morgan fingerprint density at radius 2 is 1.56 bits per heavy atom. The maximum absolute atomic E-state index is 13.2. The van der Waals surface area contributed by atoms with Crippen LogP contribution in [0.5, 0.6) is 0 Å². The minimum absolute atomic E-state index is 0.00243. The summed E-state index contributed by atoms with van der Waals surface area (Å²) in [5.74, 6) is -3.68. The molecule has 0 saturated heterocycles. The van der Waals surface area contributed by atoms with E-state index >= 15 is 0 Å². The van der Waals surface area contributed by atoms with Crippen molar-refractivity contribution in [3.63, 3.8) is 0 Å². The summed E-state index contributed by atoms with van der Waals surface area (Å²) in [6, 6.07) is 5.10. The monoisotopic (exact) mass is 488 g/mol. The van der Waals surface area contributed by atoms with Crippen molar-refractivity contribution in [3.8, 4) is 0 Å². The number of hydrogen-bond donors (Lipinski definition) is 1. The third-order valence-corrected chi connectivity index (χ3v) is 6.30. The van der Waals surface area contributed by atoms with E-state index in [1.165, 1.54) is 12.1 Å². The molecule has 2 heterocycles. The Morgan fingerprint density at radius 1 is 1.00 bits per heavy atom. The SMILES string of the molecule is COC(=O)c1sc(N)c(C(=O)OC)c1COC(=O)C(CC(C)C)N1C(=O)c2ccccc2C1=O. The van der Waals surface area contributed by atoms with Gasteiger partial charge in [-0.25, -0.2) is 14.4 Å². The van der Waals surface area contributed by atoms with Gasteiger partial charge in [-0.1, -0.05) is 26.0 Å². The van der Waals surface area contributed by atoms with Crippen molar-refractivity contribution < 1.29 is 38.2 Å². The second kappa shape index (κ2) is 10.0. The van der Waals surface area contributed by atoms with E-state index in [4.69, 9.17) is 19.9 Å². The molecular formula is C23H24N2O8S. The molecule has 1 aromatic carbocycles. The lowest BCUT2D eigenvalue weighted by Crippen LogP contribution is -2.46. The van der Waals surface area contributed by atoms with E-state index in [1.54, 1.807) is 12.1 Å². The van der Waals surface area contributed by atoms with Crippen LogP contribution in [-0.2, 0) is 25.6 Å². The summed E-state index contributed by atoms with van der Waals surface area (Å²) in [7, 11) is 2.31. The van der Waals surface area contributed by atoms with Crippen LogP contribution in [0, 0.1) is 5.92 Å². The average Bonchev–Trinajstić information content (AvgIpc) is 3.28. The van der Waals surface area contributed by atoms with Crippen molar-refractivity contribution in [3.05, 3.63) is 51.4 Å². The molecule has 0 saturated carbocycles. The van der Waals surface area contributed by atoms with E-state index in [-0.39, 0.29) is 44.5 Å². The number of hydrogen-bond acceptors (Lipinski definition) is 10. The molecule has 0 bridgehead atoms. The van der Waals surface area contributed by atoms with E-state index in [1.807, 2.05) is 13.8 Å². The fraction of sp³-hybridized carbons (Fsp3) is 0.348. The number of thiophene rings is 1. The van der Waals surface area contributed by atoms with Gasteiger partial charge in [-0.15, -0.1) is 11.3 Å². The first-order valence-corrected chi connectivity index (χ1v) is 11.1. The van der Waals surface area contributed by atoms with Crippen LogP contribution in [0.2, 0.25) is 0 Å². The zero-order chi connectivity index (χ0) is 25.2. The van der Waals surface area contributed by atoms with Crippen LogP contribution in [0.3, 0.4) is 0 Å². The molecule has 2 amide bonds. The van der Waals surface area contributed by atoms with Gasteiger partial charge in [0.2, 0.25) is 0 Å².